The zero-order chi connectivity index (χ0) is 10.8. The van der Waals surface area contributed by atoms with Crippen LogP contribution in [0.15, 0.2) is 28.7 Å². The minimum atomic E-state index is -0.377. The summed E-state index contributed by atoms with van der Waals surface area (Å²) in [5.41, 5.74) is 0.962. The number of carbonyl (C=O) groups excluding carboxylic acids is 2. The van der Waals surface area contributed by atoms with E-state index in [1.165, 1.54) is 0 Å². The van der Waals surface area contributed by atoms with E-state index in [1.807, 2.05) is 24.3 Å². The van der Waals surface area contributed by atoms with Crippen molar-refractivity contribution in [1.82, 2.24) is 5.32 Å². The quantitative estimate of drug-likeness (QED) is 0.459. The van der Waals surface area contributed by atoms with Crippen molar-refractivity contribution in [2.75, 3.05) is 0 Å². The van der Waals surface area contributed by atoms with E-state index in [0.717, 1.165) is 9.13 Å². The third kappa shape index (κ3) is 2.68. The van der Waals surface area contributed by atoms with Crippen LogP contribution in [0.1, 0.15) is 5.56 Å². The van der Waals surface area contributed by atoms with Crippen molar-refractivity contribution < 1.29 is 9.59 Å². The zero-order valence-electron chi connectivity index (χ0n) is 7.49. The fourth-order valence-corrected chi connectivity index (χ4v) is 3.17. The Balaban J connectivity index is 2.31. The molecule has 1 saturated heterocycles. The van der Waals surface area contributed by atoms with E-state index in [4.69, 9.17) is 0 Å². The molecule has 2 amide bonds. The molecule has 3 nitrogen and oxygen atoms in total. The van der Waals surface area contributed by atoms with Gasteiger partial charge in [-0.15, -0.1) is 0 Å². The van der Waals surface area contributed by atoms with Gasteiger partial charge in [0.1, 0.15) is 0 Å². The average Bonchev–Trinajstić information content (AvgIpc) is 2.45. The molecule has 1 aromatic carbocycles. The van der Waals surface area contributed by atoms with E-state index in [9.17, 15) is 9.59 Å². The maximum absolute atomic E-state index is 11.3. The molecule has 0 aromatic heterocycles. The Bertz CT molecular complexity index is 470. The Morgan fingerprint density at radius 2 is 2.13 bits per heavy atom. The molecule has 1 heterocycles. The number of hydrogen-bond donors (Lipinski definition) is 1. The Labute approximate surface area is 107 Å². The Morgan fingerprint density at radius 3 is 2.73 bits per heavy atom. The number of nitrogens with one attached hydrogen (secondary N) is 1. The molecule has 0 spiro atoms. The number of rotatable bonds is 1. The van der Waals surface area contributed by atoms with Gasteiger partial charge in [-0.05, 0) is 0 Å². The monoisotopic (exact) mass is 379 g/mol. The van der Waals surface area contributed by atoms with Gasteiger partial charge in [-0.25, -0.2) is 0 Å². The van der Waals surface area contributed by atoms with Crippen LogP contribution in [0.3, 0.4) is 0 Å². The second-order valence-corrected chi connectivity index (χ2v) is 6.28. The van der Waals surface area contributed by atoms with Gasteiger partial charge in [-0.3, -0.25) is 0 Å². The topological polar surface area (TPSA) is 46.2 Å². The van der Waals surface area contributed by atoms with Gasteiger partial charge in [0.15, 0.2) is 0 Å². The number of halogens is 1. The summed E-state index contributed by atoms with van der Waals surface area (Å²) in [5.74, 6) is -0.251. The molecule has 1 aromatic rings. The van der Waals surface area contributed by atoms with Crippen LogP contribution in [0.25, 0.3) is 6.08 Å². The van der Waals surface area contributed by atoms with E-state index in [1.54, 1.807) is 6.08 Å². The molecule has 1 aliphatic rings. The van der Waals surface area contributed by atoms with Crippen molar-refractivity contribution in [3.8, 4) is 0 Å². The van der Waals surface area contributed by atoms with Gasteiger partial charge < -0.3 is 0 Å². The zero-order valence-corrected chi connectivity index (χ0v) is 11.4. The molecule has 76 valence electrons. The SMILES string of the molecule is O=C1NC(=O)/C(=C/c2cccc(I)c2)[Se]1. The molecule has 0 radical (unpaired) electrons. The van der Waals surface area contributed by atoms with Crippen molar-refractivity contribution in [3.63, 3.8) is 0 Å². The van der Waals surface area contributed by atoms with Gasteiger partial charge in [0, 0.05) is 0 Å². The summed E-state index contributed by atoms with van der Waals surface area (Å²) in [6.45, 7) is 0. The first kappa shape index (κ1) is 10.9. The van der Waals surface area contributed by atoms with Crippen molar-refractivity contribution >= 4 is 54.3 Å². The number of benzene rings is 1. The summed E-state index contributed by atoms with van der Waals surface area (Å²) in [4.78, 5) is 22.1. The summed E-state index contributed by atoms with van der Waals surface area (Å²) in [5, 5.41) is 2.28. The Kier molecular flexibility index (Phi) is 3.23. The van der Waals surface area contributed by atoms with E-state index < -0.39 is 0 Å². The van der Waals surface area contributed by atoms with Gasteiger partial charge in [0.25, 0.3) is 0 Å². The fraction of sp³-hybridized carbons (Fsp3) is 0. The molecule has 0 aliphatic carbocycles. The van der Waals surface area contributed by atoms with E-state index >= 15 is 0 Å². The molecule has 5 heteroatoms. The fourth-order valence-electron chi connectivity index (χ4n) is 1.17. The van der Waals surface area contributed by atoms with Gasteiger partial charge in [-0.2, -0.15) is 0 Å². The van der Waals surface area contributed by atoms with Gasteiger partial charge in [0.05, 0.1) is 0 Å². The van der Waals surface area contributed by atoms with Crippen LogP contribution in [0, 0.1) is 3.57 Å². The normalized spacial score (nSPS) is 18.3. The number of hydrogen-bond acceptors (Lipinski definition) is 2. The van der Waals surface area contributed by atoms with Crippen molar-refractivity contribution in [2.24, 2.45) is 0 Å². The van der Waals surface area contributed by atoms with Crippen LogP contribution in [-0.4, -0.2) is 25.7 Å². The van der Waals surface area contributed by atoms with Crippen molar-refractivity contribution in [3.05, 3.63) is 37.9 Å². The van der Waals surface area contributed by atoms with Crippen LogP contribution in [0.5, 0.6) is 0 Å². The molecular weight excluding hydrogens is 372 g/mol. The number of amides is 2. The Morgan fingerprint density at radius 1 is 1.33 bits per heavy atom. The number of imide groups is 1. The van der Waals surface area contributed by atoms with Crippen LogP contribution in [0.2, 0.25) is 0 Å². The first-order chi connectivity index (χ1) is 7.15. The molecular formula is C10H6INO2Se. The van der Waals surface area contributed by atoms with E-state index in [2.05, 4.69) is 27.9 Å². The average molecular weight is 378 g/mol. The predicted molar refractivity (Wildman–Crippen MR) is 66.4 cm³/mol. The Hall–Kier alpha value is -0.651. The molecule has 2 rings (SSSR count). The molecule has 1 fully saturated rings. The van der Waals surface area contributed by atoms with Crippen LogP contribution in [0.4, 0.5) is 4.79 Å². The standard InChI is InChI=1S/C10H6INO2Se/c11-7-3-1-2-6(4-7)5-8-9(13)12-10(14)15-8/h1-5H,(H,12,13,14)/b8-5-. The van der Waals surface area contributed by atoms with E-state index in [0.29, 0.717) is 4.47 Å². The summed E-state index contributed by atoms with van der Waals surface area (Å²) in [6.07, 6.45) is 1.78. The second-order valence-electron chi connectivity index (χ2n) is 2.91. The molecule has 0 bridgehead atoms. The summed E-state index contributed by atoms with van der Waals surface area (Å²) in [7, 11) is 0. The minimum absolute atomic E-state index is 0.163. The summed E-state index contributed by atoms with van der Waals surface area (Å²) < 4.78 is 1.70. The van der Waals surface area contributed by atoms with Crippen LogP contribution < -0.4 is 5.32 Å². The van der Waals surface area contributed by atoms with Gasteiger partial charge in [0.2, 0.25) is 0 Å². The van der Waals surface area contributed by atoms with Gasteiger partial charge in [-0.1, -0.05) is 0 Å². The first-order valence-electron chi connectivity index (χ1n) is 4.15. The predicted octanol–water partition coefficient (Wildman–Crippen LogP) is 1.59. The molecule has 15 heavy (non-hydrogen) atoms. The maximum atomic E-state index is 11.3. The third-order valence-corrected chi connectivity index (χ3v) is 4.16. The third-order valence-electron chi connectivity index (χ3n) is 1.79. The van der Waals surface area contributed by atoms with Crippen molar-refractivity contribution in [2.45, 2.75) is 0 Å². The van der Waals surface area contributed by atoms with Crippen molar-refractivity contribution in [1.29, 1.82) is 0 Å². The van der Waals surface area contributed by atoms with Crippen LogP contribution in [-0.2, 0) is 4.79 Å². The summed E-state index contributed by atoms with van der Waals surface area (Å²) >= 11 is 1.83. The van der Waals surface area contributed by atoms with E-state index in [-0.39, 0.29) is 25.7 Å². The number of carbonyl (C=O) groups is 2. The van der Waals surface area contributed by atoms with Gasteiger partial charge >= 0.3 is 107 Å². The van der Waals surface area contributed by atoms with Crippen LogP contribution >= 0.6 is 22.6 Å². The molecule has 0 atom stereocenters. The first-order valence-corrected chi connectivity index (χ1v) is 6.95. The molecule has 1 aliphatic heterocycles. The molecule has 1 N–H and O–H groups in total. The second kappa shape index (κ2) is 4.47. The molecule has 0 saturated carbocycles. The molecule has 0 unspecified atom stereocenters. The summed E-state index contributed by atoms with van der Waals surface area (Å²) in [6, 6.07) is 7.80.